The minimum atomic E-state index is -0.430. The standard InChI is InChI=1S/C14H30O/c1-6-7-8-11-14(5,15)12-9-10-13(2,3)4/h15H,6-12H2,1-5H3. The van der Waals surface area contributed by atoms with Gasteiger partial charge in [-0.05, 0) is 31.6 Å². The average molecular weight is 214 g/mol. The first kappa shape index (κ1) is 15.0. The molecule has 0 aromatic heterocycles. The summed E-state index contributed by atoms with van der Waals surface area (Å²) in [5, 5.41) is 10.1. The van der Waals surface area contributed by atoms with Crippen LogP contribution >= 0.6 is 0 Å². The minimum absolute atomic E-state index is 0.402. The van der Waals surface area contributed by atoms with E-state index in [1.807, 2.05) is 6.92 Å². The predicted molar refractivity (Wildman–Crippen MR) is 68.1 cm³/mol. The lowest BCUT2D eigenvalue weighted by Gasteiger charge is -2.25. The average Bonchev–Trinajstić information content (AvgIpc) is 2.01. The molecule has 1 nitrogen and oxygen atoms in total. The van der Waals surface area contributed by atoms with Gasteiger partial charge in [0.1, 0.15) is 0 Å². The topological polar surface area (TPSA) is 20.2 Å². The molecule has 1 N–H and O–H groups in total. The Kier molecular flexibility index (Phi) is 6.51. The zero-order valence-corrected chi connectivity index (χ0v) is 11.4. The van der Waals surface area contributed by atoms with E-state index in [2.05, 4.69) is 27.7 Å². The Labute approximate surface area is 96.3 Å². The Morgan fingerprint density at radius 2 is 1.33 bits per heavy atom. The van der Waals surface area contributed by atoms with Crippen molar-refractivity contribution in [2.24, 2.45) is 5.41 Å². The largest absolute Gasteiger partial charge is 0.390 e. The third-order valence-corrected chi connectivity index (χ3v) is 2.96. The van der Waals surface area contributed by atoms with Crippen molar-refractivity contribution in [3.8, 4) is 0 Å². The molecule has 0 radical (unpaired) electrons. The van der Waals surface area contributed by atoms with Crippen molar-refractivity contribution < 1.29 is 5.11 Å². The SMILES string of the molecule is CCCCCC(C)(O)CCCC(C)(C)C. The van der Waals surface area contributed by atoms with Crippen LogP contribution in [0.5, 0.6) is 0 Å². The molecule has 0 saturated heterocycles. The van der Waals surface area contributed by atoms with Crippen LogP contribution in [0.15, 0.2) is 0 Å². The first-order valence-corrected chi connectivity index (χ1v) is 6.49. The van der Waals surface area contributed by atoms with Crippen LogP contribution in [-0.2, 0) is 0 Å². The molecule has 0 amide bonds. The maximum atomic E-state index is 10.1. The number of unbranched alkanes of at least 4 members (excludes halogenated alkanes) is 2. The first-order chi connectivity index (χ1) is 6.77. The van der Waals surface area contributed by atoms with Crippen molar-refractivity contribution in [1.29, 1.82) is 0 Å². The Morgan fingerprint density at radius 1 is 0.800 bits per heavy atom. The summed E-state index contributed by atoms with van der Waals surface area (Å²) < 4.78 is 0. The predicted octanol–water partition coefficient (Wildman–Crippen LogP) is 4.53. The van der Waals surface area contributed by atoms with Gasteiger partial charge in [0.25, 0.3) is 0 Å². The summed E-state index contributed by atoms with van der Waals surface area (Å²) in [5.74, 6) is 0. The van der Waals surface area contributed by atoms with Crippen LogP contribution in [0, 0.1) is 5.41 Å². The monoisotopic (exact) mass is 214 g/mol. The normalized spacial score (nSPS) is 16.4. The number of hydrogen-bond acceptors (Lipinski definition) is 1. The molecule has 0 saturated carbocycles. The zero-order valence-electron chi connectivity index (χ0n) is 11.4. The van der Waals surface area contributed by atoms with E-state index in [0.717, 1.165) is 19.3 Å². The van der Waals surface area contributed by atoms with E-state index in [1.54, 1.807) is 0 Å². The van der Waals surface area contributed by atoms with Crippen LogP contribution in [0.1, 0.15) is 79.6 Å². The van der Waals surface area contributed by atoms with Gasteiger partial charge in [0.15, 0.2) is 0 Å². The highest BCUT2D eigenvalue weighted by molar-refractivity contribution is 4.74. The zero-order chi connectivity index (χ0) is 11.9. The van der Waals surface area contributed by atoms with Crippen molar-refractivity contribution in [2.75, 3.05) is 0 Å². The molecule has 0 rings (SSSR count). The van der Waals surface area contributed by atoms with Crippen molar-refractivity contribution in [1.82, 2.24) is 0 Å². The molecular formula is C14H30O. The lowest BCUT2D eigenvalue weighted by molar-refractivity contribution is 0.0346. The second kappa shape index (κ2) is 6.52. The lowest BCUT2D eigenvalue weighted by atomic mass is 9.85. The molecule has 1 heteroatoms. The minimum Gasteiger partial charge on any atom is -0.390 e. The quantitative estimate of drug-likeness (QED) is 0.617. The first-order valence-electron chi connectivity index (χ1n) is 6.49. The van der Waals surface area contributed by atoms with Gasteiger partial charge in [0.05, 0.1) is 5.60 Å². The molecular weight excluding hydrogens is 184 g/mol. The summed E-state index contributed by atoms with van der Waals surface area (Å²) >= 11 is 0. The Hall–Kier alpha value is -0.0400. The van der Waals surface area contributed by atoms with Gasteiger partial charge in [-0.1, -0.05) is 53.4 Å². The van der Waals surface area contributed by atoms with Crippen molar-refractivity contribution in [3.05, 3.63) is 0 Å². The highest BCUT2D eigenvalue weighted by Crippen LogP contribution is 2.26. The molecule has 1 atom stereocenters. The number of rotatable bonds is 7. The van der Waals surface area contributed by atoms with Gasteiger partial charge in [0, 0.05) is 0 Å². The van der Waals surface area contributed by atoms with E-state index < -0.39 is 5.60 Å². The van der Waals surface area contributed by atoms with Gasteiger partial charge >= 0.3 is 0 Å². The highest BCUT2D eigenvalue weighted by Gasteiger charge is 2.20. The summed E-state index contributed by atoms with van der Waals surface area (Å²) in [7, 11) is 0. The fraction of sp³-hybridized carbons (Fsp3) is 1.00. The Bertz CT molecular complexity index is 153. The third-order valence-electron chi connectivity index (χ3n) is 2.96. The maximum absolute atomic E-state index is 10.1. The fourth-order valence-electron chi connectivity index (χ4n) is 1.88. The van der Waals surface area contributed by atoms with Crippen LogP contribution in [0.3, 0.4) is 0 Å². The molecule has 15 heavy (non-hydrogen) atoms. The molecule has 0 aliphatic heterocycles. The second-order valence-electron chi connectivity index (χ2n) is 6.37. The van der Waals surface area contributed by atoms with Crippen LogP contribution < -0.4 is 0 Å². The van der Waals surface area contributed by atoms with Crippen molar-refractivity contribution in [2.45, 2.75) is 85.2 Å². The van der Waals surface area contributed by atoms with E-state index in [-0.39, 0.29) is 0 Å². The van der Waals surface area contributed by atoms with Crippen molar-refractivity contribution in [3.63, 3.8) is 0 Å². The van der Waals surface area contributed by atoms with E-state index in [9.17, 15) is 5.11 Å². The highest BCUT2D eigenvalue weighted by atomic mass is 16.3. The summed E-state index contributed by atoms with van der Waals surface area (Å²) in [4.78, 5) is 0. The molecule has 0 heterocycles. The van der Waals surface area contributed by atoms with E-state index >= 15 is 0 Å². The smallest absolute Gasteiger partial charge is 0.0619 e. The summed E-state index contributed by atoms with van der Waals surface area (Å²) in [5.41, 5.74) is -0.0279. The number of aliphatic hydroxyl groups is 1. The second-order valence-corrected chi connectivity index (χ2v) is 6.37. The summed E-state index contributed by atoms with van der Waals surface area (Å²) in [6.07, 6.45) is 7.91. The van der Waals surface area contributed by atoms with E-state index in [0.29, 0.717) is 5.41 Å². The molecule has 1 unspecified atom stereocenters. The van der Waals surface area contributed by atoms with Gasteiger partial charge in [-0.2, -0.15) is 0 Å². The number of hydrogen-bond donors (Lipinski definition) is 1. The van der Waals surface area contributed by atoms with Crippen molar-refractivity contribution >= 4 is 0 Å². The van der Waals surface area contributed by atoms with E-state index in [4.69, 9.17) is 0 Å². The summed E-state index contributed by atoms with van der Waals surface area (Å²) in [6, 6.07) is 0. The van der Waals surface area contributed by atoms with Gasteiger partial charge in [-0.15, -0.1) is 0 Å². The molecule has 0 bridgehead atoms. The fourth-order valence-corrected chi connectivity index (χ4v) is 1.88. The molecule has 0 aliphatic carbocycles. The molecule has 0 fully saturated rings. The van der Waals surface area contributed by atoms with Crippen LogP contribution in [0.4, 0.5) is 0 Å². The lowest BCUT2D eigenvalue weighted by Crippen LogP contribution is -2.24. The Balaban J connectivity index is 3.64. The van der Waals surface area contributed by atoms with Gasteiger partial charge < -0.3 is 5.11 Å². The van der Waals surface area contributed by atoms with Crippen LogP contribution in [0.2, 0.25) is 0 Å². The molecule has 0 spiro atoms. The molecule has 0 aliphatic rings. The molecule has 0 aromatic rings. The van der Waals surface area contributed by atoms with Crippen LogP contribution in [0.25, 0.3) is 0 Å². The van der Waals surface area contributed by atoms with E-state index in [1.165, 1.54) is 25.7 Å². The summed E-state index contributed by atoms with van der Waals surface area (Å²) in [6.45, 7) is 11.0. The molecule has 0 aromatic carbocycles. The third kappa shape index (κ3) is 10.2. The van der Waals surface area contributed by atoms with Gasteiger partial charge in [-0.3, -0.25) is 0 Å². The molecule has 92 valence electrons. The Morgan fingerprint density at radius 3 is 1.80 bits per heavy atom. The van der Waals surface area contributed by atoms with Gasteiger partial charge in [0.2, 0.25) is 0 Å². The van der Waals surface area contributed by atoms with Crippen LogP contribution in [-0.4, -0.2) is 10.7 Å². The van der Waals surface area contributed by atoms with Gasteiger partial charge in [-0.25, -0.2) is 0 Å². The maximum Gasteiger partial charge on any atom is 0.0619 e.